The molecule has 0 radical (unpaired) electrons. The number of hydrogen-bond acceptors (Lipinski definition) is 6. The van der Waals surface area contributed by atoms with Crippen molar-refractivity contribution in [2.75, 3.05) is 65.0 Å². The second-order valence-electron chi connectivity index (χ2n) is 8.57. The molecule has 34 heavy (non-hydrogen) atoms. The van der Waals surface area contributed by atoms with E-state index in [1.807, 2.05) is 17.0 Å². The molecule has 0 fully saturated rings. The van der Waals surface area contributed by atoms with Gasteiger partial charge in [-0.15, -0.1) is 0 Å². The van der Waals surface area contributed by atoms with Crippen molar-refractivity contribution in [2.24, 2.45) is 0 Å². The van der Waals surface area contributed by atoms with Crippen LogP contribution in [0.4, 0.5) is 11.4 Å². The second-order valence-corrected chi connectivity index (χ2v) is 9.39. The van der Waals surface area contributed by atoms with E-state index in [0.717, 1.165) is 68.8 Å². The molecular formula is C25H34Cl2N4O3. The molecule has 0 aliphatic carbocycles. The summed E-state index contributed by atoms with van der Waals surface area (Å²) in [5.74, 6) is 1.54. The number of fused-ring (bicyclic) bond motifs is 1. The number of benzene rings is 2. The van der Waals surface area contributed by atoms with E-state index in [1.165, 1.54) is 0 Å². The van der Waals surface area contributed by atoms with Gasteiger partial charge in [0.2, 0.25) is 5.91 Å². The van der Waals surface area contributed by atoms with Crippen molar-refractivity contribution in [3.8, 4) is 11.5 Å². The van der Waals surface area contributed by atoms with Crippen molar-refractivity contribution >= 4 is 40.5 Å². The maximum atomic E-state index is 12.8. The molecule has 0 saturated carbocycles. The number of amides is 1. The van der Waals surface area contributed by atoms with Crippen LogP contribution in [0.3, 0.4) is 0 Å². The molecule has 1 amide bonds. The molecule has 186 valence electrons. The summed E-state index contributed by atoms with van der Waals surface area (Å²) in [6.07, 6.45) is 3.12. The lowest BCUT2D eigenvalue weighted by molar-refractivity contribution is -0.130. The van der Waals surface area contributed by atoms with Gasteiger partial charge in [-0.25, -0.2) is 0 Å². The van der Waals surface area contributed by atoms with E-state index < -0.39 is 0 Å². The molecule has 2 aromatic rings. The zero-order chi connectivity index (χ0) is 24.7. The van der Waals surface area contributed by atoms with E-state index >= 15 is 0 Å². The largest absolute Gasteiger partial charge is 0.493 e. The van der Waals surface area contributed by atoms with Gasteiger partial charge in [-0.05, 0) is 74.8 Å². The molecule has 1 heterocycles. The third-order valence-corrected chi connectivity index (χ3v) is 6.77. The minimum atomic E-state index is 0.165. The van der Waals surface area contributed by atoms with Crippen LogP contribution in [0.1, 0.15) is 24.0 Å². The first-order valence-corrected chi connectivity index (χ1v) is 12.3. The van der Waals surface area contributed by atoms with E-state index in [0.29, 0.717) is 33.7 Å². The van der Waals surface area contributed by atoms with Crippen LogP contribution >= 0.6 is 23.2 Å². The molecule has 3 N–H and O–H groups in total. The Hall–Kier alpha value is -2.35. The molecule has 0 saturated heterocycles. The number of nitrogens with zero attached hydrogens (tertiary/aromatic N) is 2. The summed E-state index contributed by atoms with van der Waals surface area (Å²) in [6, 6.07) is 7.51. The lowest BCUT2D eigenvalue weighted by atomic mass is 10.0. The maximum Gasteiger partial charge on any atom is 0.227 e. The van der Waals surface area contributed by atoms with Crippen LogP contribution in [0.25, 0.3) is 0 Å². The molecule has 7 nitrogen and oxygen atoms in total. The molecule has 0 spiro atoms. The number of rotatable bonds is 11. The lowest BCUT2D eigenvalue weighted by Crippen LogP contribution is -2.35. The number of hydrogen-bond donors (Lipinski definition) is 2. The highest BCUT2D eigenvalue weighted by Crippen LogP contribution is 2.33. The van der Waals surface area contributed by atoms with Crippen molar-refractivity contribution in [3.05, 3.63) is 45.4 Å². The Morgan fingerprint density at radius 2 is 1.65 bits per heavy atom. The van der Waals surface area contributed by atoms with E-state index in [-0.39, 0.29) is 5.91 Å². The summed E-state index contributed by atoms with van der Waals surface area (Å²) in [7, 11) is 5.36. The molecule has 1 aliphatic heterocycles. The molecular weight excluding hydrogens is 475 g/mol. The van der Waals surface area contributed by atoms with E-state index in [9.17, 15) is 4.79 Å². The fourth-order valence-corrected chi connectivity index (χ4v) is 4.65. The number of halogens is 2. The van der Waals surface area contributed by atoms with Gasteiger partial charge >= 0.3 is 0 Å². The number of nitrogens with two attached hydrogens (primary N) is 1. The highest BCUT2D eigenvalue weighted by molar-refractivity contribution is 6.39. The third-order valence-electron chi connectivity index (χ3n) is 6.14. The van der Waals surface area contributed by atoms with E-state index in [4.69, 9.17) is 38.4 Å². The van der Waals surface area contributed by atoms with Crippen molar-refractivity contribution in [2.45, 2.75) is 25.7 Å². The molecule has 3 rings (SSSR count). The average molecular weight is 509 g/mol. The van der Waals surface area contributed by atoms with Crippen LogP contribution in [0.5, 0.6) is 11.5 Å². The normalized spacial score (nSPS) is 13.6. The first-order valence-electron chi connectivity index (χ1n) is 11.5. The van der Waals surface area contributed by atoms with Crippen molar-refractivity contribution in [3.63, 3.8) is 0 Å². The summed E-state index contributed by atoms with van der Waals surface area (Å²) in [5.41, 5.74) is 9.22. The van der Waals surface area contributed by atoms with Crippen LogP contribution in [0.2, 0.25) is 10.0 Å². The van der Waals surface area contributed by atoms with E-state index in [1.54, 1.807) is 26.4 Å². The second kappa shape index (κ2) is 12.4. The predicted molar refractivity (Wildman–Crippen MR) is 140 cm³/mol. The van der Waals surface area contributed by atoms with Crippen molar-refractivity contribution in [1.82, 2.24) is 9.80 Å². The topological polar surface area (TPSA) is 80.1 Å². The molecule has 9 heteroatoms. The number of nitrogens with one attached hydrogen (secondary N) is 1. The number of nitrogen functional groups attached to an aromatic ring is 1. The molecule has 0 bridgehead atoms. The summed E-state index contributed by atoms with van der Waals surface area (Å²) < 4.78 is 10.8. The van der Waals surface area contributed by atoms with E-state index in [2.05, 4.69) is 17.3 Å². The fourth-order valence-electron chi connectivity index (χ4n) is 4.16. The van der Waals surface area contributed by atoms with Gasteiger partial charge in [0.15, 0.2) is 11.5 Å². The quantitative estimate of drug-likeness (QED) is 0.347. The van der Waals surface area contributed by atoms with Gasteiger partial charge in [0.25, 0.3) is 0 Å². The van der Waals surface area contributed by atoms with Gasteiger partial charge in [0, 0.05) is 25.3 Å². The Bertz CT molecular complexity index is 979. The maximum absolute atomic E-state index is 12.8. The molecule has 0 unspecified atom stereocenters. The zero-order valence-corrected chi connectivity index (χ0v) is 21.6. The highest BCUT2D eigenvalue weighted by Gasteiger charge is 2.22. The number of methoxy groups -OCH3 is 2. The van der Waals surface area contributed by atoms with Crippen LogP contribution in [-0.4, -0.2) is 69.7 Å². The minimum absolute atomic E-state index is 0.165. The molecule has 0 atom stereocenters. The van der Waals surface area contributed by atoms with Crippen molar-refractivity contribution in [1.29, 1.82) is 0 Å². The Balaban J connectivity index is 1.39. The lowest BCUT2D eigenvalue weighted by Gasteiger charge is -2.23. The van der Waals surface area contributed by atoms with Crippen molar-refractivity contribution < 1.29 is 14.3 Å². The molecule has 0 aromatic heterocycles. The standard InChI is InChI=1S/C25H34Cl2N4O3/c1-30(8-4-7-29-19-15-20(26)25(28)21(27)16-19)9-5-10-31-11-6-17-12-22(33-2)23(34-3)13-18(17)14-24(31)32/h12-13,15-16,29H,4-11,14,28H2,1-3H3. The summed E-state index contributed by atoms with van der Waals surface area (Å²) >= 11 is 12.2. The number of carbonyl (C=O) groups excluding carboxylic acids is 1. The smallest absolute Gasteiger partial charge is 0.227 e. The van der Waals surface area contributed by atoms with Gasteiger partial charge in [-0.1, -0.05) is 23.2 Å². The summed E-state index contributed by atoms with van der Waals surface area (Å²) in [5, 5.41) is 4.24. The monoisotopic (exact) mass is 508 g/mol. The molecule has 2 aromatic carbocycles. The van der Waals surface area contributed by atoms with Gasteiger partial charge in [0.05, 0.1) is 36.4 Å². The fraction of sp³-hybridized carbons (Fsp3) is 0.480. The Kier molecular flexibility index (Phi) is 9.56. The van der Waals surface area contributed by atoms with Gasteiger partial charge in [0.1, 0.15) is 0 Å². The van der Waals surface area contributed by atoms with Crippen LogP contribution in [0, 0.1) is 0 Å². The van der Waals surface area contributed by atoms with Crippen LogP contribution < -0.4 is 20.5 Å². The molecule has 1 aliphatic rings. The summed E-state index contributed by atoms with van der Waals surface area (Å²) in [6.45, 7) is 4.16. The van der Waals surface area contributed by atoms with Crippen LogP contribution in [-0.2, 0) is 17.6 Å². The van der Waals surface area contributed by atoms with Gasteiger partial charge < -0.3 is 30.3 Å². The number of ether oxygens (including phenoxy) is 2. The predicted octanol–water partition coefficient (Wildman–Crippen LogP) is 4.34. The average Bonchev–Trinajstić information content (AvgIpc) is 2.97. The number of anilines is 2. The van der Waals surface area contributed by atoms with Gasteiger partial charge in [-0.2, -0.15) is 0 Å². The minimum Gasteiger partial charge on any atom is -0.493 e. The first-order chi connectivity index (χ1) is 16.3. The summed E-state index contributed by atoms with van der Waals surface area (Å²) in [4.78, 5) is 17.1. The zero-order valence-electron chi connectivity index (χ0n) is 20.1. The van der Waals surface area contributed by atoms with Crippen LogP contribution in [0.15, 0.2) is 24.3 Å². The SMILES string of the molecule is COc1cc2c(cc1OC)CC(=O)N(CCCN(C)CCCNc1cc(Cl)c(N)c(Cl)c1)CC2. The Labute approximate surface area is 212 Å². The Morgan fingerprint density at radius 1 is 1.03 bits per heavy atom. The first kappa shape index (κ1) is 26.3. The Morgan fingerprint density at radius 3 is 2.29 bits per heavy atom. The third kappa shape index (κ3) is 6.84. The van der Waals surface area contributed by atoms with Gasteiger partial charge in [-0.3, -0.25) is 4.79 Å². The number of carbonyl (C=O) groups is 1. The highest BCUT2D eigenvalue weighted by atomic mass is 35.5.